The Morgan fingerprint density at radius 2 is 1.76 bits per heavy atom. The molecular weight excluding hydrogens is 416 g/mol. The van der Waals surface area contributed by atoms with Crippen LogP contribution in [0.3, 0.4) is 0 Å². The van der Waals surface area contributed by atoms with Gasteiger partial charge in [0.25, 0.3) is 5.91 Å². The first-order valence-corrected chi connectivity index (χ1v) is 11.6. The Kier molecular flexibility index (Phi) is 5.90. The first kappa shape index (κ1) is 21.3. The summed E-state index contributed by atoms with van der Waals surface area (Å²) in [7, 11) is 0. The molecule has 1 aliphatic heterocycles. The van der Waals surface area contributed by atoms with Gasteiger partial charge in [0.2, 0.25) is 5.91 Å². The van der Waals surface area contributed by atoms with Crippen molar-refractivity contribution < 1.29 is 9.59 Å². The van der Waals surface area contributed by atoms with Gasteiger partial charge in [0.1, 0.15) is 0 Å². The van der Waals surface area contributed by atoms with E-state index in [-0.39, 0.29) is 23.8 Å². The van der Waals surface area contributed by atoms with E-state index < -0.39 is 0 Å². The van der Waals surface area contributed by atoms with Gasteiger partial charge in [-0.3, -0.25) is 9.59 Å². The van der Waals surface area contributed by atoms with Gasteiger partial charge in [-0.1, -0.05) is 55.7 Å². The van der Waals surface area contributed by atoms with Crippen molar-refractivity contribution in [3.8, 4) is 5.69 Å². The number of carbonyl (C=O) groups excluding carboxylic acids is 2. The van der Waals surface area contributed by atoms with E-state index in [0.29, 0.717) is 25.3 Å². The molecule has 1 N–H and O–H groups in total. The lowest BCUT2D eigenvalue weighted by Gasteiger charge is -2.39. The number of fused-ring (bicyclic) bond motifs is 1. The van der Waals surface area contributed by atoms with Gasteiger partial charge in [-0.15, -0.1) is 5.10 Å². The standard InChI is InChI=1S/C25H28N6O2/c32-23(26-16-22-27-28-29-31(22)20-10-3-1-4-11-20)15-25(13-7-2-8-14-25)18-30-17-19-9-5-6-12-21(19)24(30)33/h1,3-6,9-12H,2,7-8,13-18H2,(H,26,32). The van der Waals surface area contributed by atoms with Crippen LogP contribution in [0.1, 0.15) is 60.3 Å². The number of aromatic nitrogens is 4. The van der Waals surface area contributed by atoms with Crippen LogP contribution in [-0.2, 0) is 17.9 Å². The molecule has 2 aromatic carbocycles. The summed E-state index contributed by atoms with van der Waals surface area (Å²) in [6.07, 6.45) is 5.69. The fourth-order valence-electron chi connectivity index (χ4n) is 5.21. The zero-order chi connectivity index (χ0) is 22.7. The lowest BCUT2D eigenvalue weighted by molar-refractivity contribution is -0.124. The van der Waals surface area contributed by atoms with Gasteiger partial charge >= 0.3 is 0 Å². The SMILES string of the molecule is O=C(CC1(CN2Cc3ccccc3C2=O)CCCCC1)NCc1nnnn1-c1ccccc1. The number of carbonyl (C=O) groups is 2. The monoisotopic (exact) mass is 444 g/mol. The smallest absolute Gasteiger partial charge is 0.254 e. The molecular formula is C25H28N6O2. The van der Waals surface area contributed by atoms with Gasteiger partial charge < -0.3 is 10.2 Å². The second-order valence-electron chi connectivity index (χ2n) is 9.17. The first-order chi connectivity index (χ1) is 16.1. The molecule has 2 heterocycles. The molecule has 2 aliphatic rings. The number of rotatable bonds is 7. The Morgan fingerprint density at radius 1 is 1.00 bits per heavy atom. The molecule has 1 aromatic heterocycles. The van der Waals surface area contributed by atoms with Crippen LogP contribution in [0.25, 0.3) is 5.69 Å². The van der Waals surface area contributed by atoms with Crippen LogP contribution < -0.4 is 5.32 Å². The number of hydrogen-bond acceptors (Lipinski definition) is 5. The molecule has 0 spiro atoms. The van der Waals surface area contributed by atoms with E-state index in [2.05, 4.69) is 20.8 Å². The zero-order valence-electron chi connectivity index (χ0n) is 18.6. The molecule has 0 radical (unpaired) electrons. The van der Waals surface area contributed by atoms with Crippen LogP contribution in [0.5, 0.6) is 0 Å². The maximum atomic E-state index is 13.0. The molecule has 0 saturated heterocycles. The lowest BCUT2D eigenvalue weighted by atomic mass is 9.71. The van der Waals surface area contributed by atoms with Crippen molar-refractivity contribution in [2.45, 2.75) is 51.6 Å². The van der Waals surface area contributed by atoms with E-state index in [0.717, 1.165) is 42.5 Å². The first-order valence-electron chi connectivity index (χ1n) is 11.6. The van der Waals surface area contributed by atoms with Crippen LogP contribution in [0.2, 0.25) is 0 Å². The van der Waals surface area contributed by atoms with Crippen molar-refractivity contribution in [2.75, 3.05) is 6.54 Å². The molecule has 33 heavy (non-hydrogen) atoms. The van der Waals surface area contributed by atoms with Crippen LogP contribution in [0, 0.1) is 5.41 Å². The Bertz CT molecular complexity index is 1140. The summed E-state index contributed by atoms with van der Waals surface area (Å²) in [5.74, 6) is 0.638. The Hall–Kier alpha value is -3.55. The highest BCUT2D eigenvalue weighted by Gasteiger charge is 2.39. The number of nitrogens with one attached hydrogen (secondary N) is 1. The summed E-state index contributed by atoms with van der Waals surface area (Å²) in [6.45, 7) is 1.50. The second kappa shape index (κ2) is 9.13. The number of benzene rings is 2. The van der Waals surface area contributed by atoms with Crippen molar-refractivity contribution in [3.05, 3.63) is 71.5 Å². The van der Waals surface area contributed by atoms with Crippen LogP contribution in [0.4, 0.5) is 0 Å². The molecule has 0 bridgehead atoms. The van der Waals surface area contributed by atoms with Crippen molar-refractivity contribution in [2.24, 2.45) is 5.41 Å². The molecule has 5 rings (SSSR count). The number of para-hydroxylation sites is 1. The van der Waals surface area contributed by atoms with Crippen molar-refractivity contribution in [1.82, 2.24) is 30.4 Å². The molecule has 0 atom stereocenters. The predicted molar refractivity (Wildman–Crippen MR) is 122 cm³/mol. The van der Waals surface area contributed by atoms with E-state index in [4.69, 9.17) is 0 Å². The van der Waals surface area contributed by atoms with E-state index in [1.54, 1.807) is 4.68 Å². The molecule has 170 valence electrons. The highest BCUT2D eigenvalue weighted by atomic mass is 16.2. The fraction of sp³-hybridized carbons (Fsp3) is 0.400. The number of nitrogens with zero attached hydrogens (tertiary/aromatic N) is 5. The van der Waals surface area contributed by atoms with Crippen molar-refractivity contribution in [1.29, 1.82) is 0 Å². The molecule has 1 saturated carbocycles. The van der Waals surface area contributed by atoms with Gasteiger partial charge in [-0.25, -0.2) is 0 Å². The van der Waals surface area contributed by atoms with Crippen LogP contribution >= 0.6 is 0 Å². The van der Waals surface area contributed by atoms with Gasteiger partial charge in [0, 0.05) is 25.1 Å². The Labute approximate surface area is 193 Å². The number of amides is 2. The topological polar surface area (TPSA) is 93.0 Å². The second-order valence-corrected chi connectivity index (χ2v) is 9.17. The lowest BCUT2D eigenvalue weighted by Crippen LogP contribution is -2.42. The summed E-state index contributed by atoms with van der Waals surface area (Å²) in [4.78, 5) is 27.9. The molecule has 8 heteroatoms. The zero-order valence-corrected chi connectivity index (χ0v) is 18.6. The highest BCUT2D eigenvalue weighted by Crippen LogP contribution is 2.41. The molecule has 1 aliphatic carbocycles. The molecule has 0 unspecified atom stereocenters. The van der Waals surface area contributed by atoms with Gasteiger partial charge in [0.15, 0.2) is 5.82 Å². The normalized spacial score (nSPS) is 17.1. The highest BCUT2D eigenvalue weighted by molar-refractivity contribution is 5.98. The largest absolute Gasteiger partial charge is 0.349 e. The minimum absolute atomic E-state index is 0.0244. The molecule has 8 nitrogen and oxygen atoms in total. The van der Waals surface area contributed by atoms with Gasteiger partial charge in [0.05, 0.1) is 12.2 Å². The number of tetrazole rings is 1. The summed E-state index contributed by atoms with van der Waals surface area (Å²) in [6, 6.07) is 17.4. The average Bonchev–Trinajstić information content (AvgIpc) is 3.43. The third kappa shape index (κ3) is 4.51. The van der Waals surface area contributed by atoms with Gasteiger partial charge in [-0.05, 0) is 52.4 Å². The minimum Gasteiger partial charge on any atom is -0.349 e. The average molecular weight is 445 g/mol. The third-order valence-electron chi connectivity index (χ3n) is 6.85. The summed E-state index contributed by atoms with van der Waals surface area (Å²) < 4.78 is 1.64. The van der Waals surface area contributed by atoms with E-state index >= 15 is 0 Å². The van der Waals surface area contributed by atoms with Crippen LogP contribution in [-0.4, -0.2) is 43.5 Å². The van der Waals surface area contributed by atoms with E-state index in [1.807, 2.05) is 59.5 Å². The fourth-order valence-corrected chi connectivity index (χ4v) is 5.21. The van der Waals surface area contributed by atoms with Crippen LogP contribution in [0.15, 0.2) is 54.6 Å². The maximum absolute atomic E-state index is 13.0. The molecule has 2 amide bonds. The Morgan fingerprint density at radius 3 is 2.55 bits per heavy atom. The number of hydrogen-bond donors (Lipinski definition) is 1. The van der Waals surface area contributed by atoms with E-state index in [9.17, 15) is 9.59 Å². The summed E-state index contributed by atoms with van der Waals surface area (Å²) >= 11 is 0. The summed E-state index contributed by atoms with van der Waals surface area (Å²) in [5, 5.41) is 14.9. The molecule has 3 aromatic rings. The quantitative estimate of drug-likeness (QED) is 0.604. The van der Waals surface area contributed by atoms with Crippen molar-refractivity contribution in [3.63, 3.8) is 0 Å². The maximum Gasteiger partial charge on any atom is 0.254 e. The van der Waals surface area contributed by atoms with Gasteiger partial charge in [-0.2, -0.15) is 4.68 Å². The Balaban J connectivity index is 1.25. The predicted octanol–water partition coefficient (Wildman–Crippen LogP) is 3.28. The van der Waals surface area contributed by atoms with Crippen molar-refractivity contribution >= 4 is 11.8 Å². The van der Waals surface area contributed by atoms with E-state index in [1.165, 1.54) is 6.42 Å². The molecule has 1 fully saturated rings. The summed E-state index contributed by atoms with van der Waals surface area (Å²) in [5.41, 5.74) is 2.53. The minimum atomic E-state index is -0.189. The third-order valence-corrected chi connectivity index (χ3v) is 6.85.